The Morgan fingerprint density at radius 2 is 1.87 bits per heavy atom. The molecule has 3 aromatic rings. The fourth-order valence-electron chi connectivity index (χ4n) is 3.76. The fraction of sp³-hybridized carbons (Fsp3) is 0.409. The van der Waals surface area contributed by atoms with Crippen molar-refractivity contribution in [1.82, 2.24) is 24.3 Å². The van der Waals surface area contributed by atoms with E-state index in [-0.39, 0.29) is 6.03 Å². The molecule has 30 heavy (non-hydrogen) atoms. The zero-order valence-electron chi connectivity index (χ0n) is 17.5. The second kappa shape index (κ2) is 9.13. The third-order valence-corrected chi connectivity index (χ3v) is 5.41. The summed E-state index contributed by atoms with van der Waals surface area (Å²) in [5, 5.41) is 2.97. The fourth-order valence-corrected chi connectivity index (χ4v) is 3.76. The Balaban J connectivity index is 1.26. The van der Waals surface area contributed by atoms with E-state index in [4.69, 9.17) is 4.74 Å². The molecule has 1 fully saturated rings. The number of ether oxygens (including phenoxy) is 1. The van der Waals surface area contributed by atoms with Crippen LogP contribution in [0.2, 0.25) is 0 Å². The number of nitrogens with zero attached hydrogens (tertiary/aromatic N) is 5. The Morgan fingerprint density at radius 1 is 1.10 bits per heavy atom. The van der Waals surface area contributed by atoms with Crippen LogP contribution in [0.4, 0.5) is 10.5 Å². The molecule has 0 bridgehead atoms. The number of aryl methyl sites for hydroxylation is 1. The van der Waals surface area contributed by atoms with Crippen LogP contribution in [0.3, 0.4) is 0 Å². The van der Waals surface area contributed by atoms with Crippen LogP contribution in [0.1, 0.15) is 12.7 Å². The molecule has 8 nitrogen and oxygen atoms in total. The number of carbonyl (C=O) groups excluding carboxylic acids is 1. The molecule has 0 saturated carbocycles. The van der Waals surface area contributed by atoms with Crippen LogP contribution < -0.4 is 10.1 Å². The second-order valence-electron chi connectivity index (χ2n) is 7.37. The first kappa shape index (κ1) is 20.2. The zero-order valence-corrected chi connectivity index (χ0v) is 17.5. The Labute approximate surface area is 176 Å². The highest BCUT2D eigenvalue weighted by atomic mass is 16.5. The summed E-state index contributed by atoms with van der Waals surface area (Å²) in [7, 11) is 0. The molecule has 0 radical (unpaired) electrons. The molecule has 0 aliphatic carbocycles. The summed E-state index contributed by atoms with van der Waals surface area (Å²) in [6, 6.07) is 11.3. The lowest BCUT2D eigenvalue weighted by Gasteiger charge is -2.34. The van der Waals surface area contributed by atoms with Gasteiger partial charge in [0.05, 0.1) is 6.61 Å². The number of benzene rings is 1. The third-order valence-electron chi connectivity index (χ3n) is 5.41. The SMILES string of the molecule is CCOc1ccc(NC(=O)N2CCN(CCn3c(C)nc4cccnc43)CC2)cc1. The predicted octanol–water partition coefficient (Wildman–Crippen LogP) is 2.99. The maximum atomic E-state index is 12.6. The average Bonchev–Trinajstić information content (AvgIpc) is 3.09. The molecule has 4 rings (SSSR count). The Bertz CT molecular complexity index is 993. The molecule has 1 aromatic carbocycles. The van der Waals surface area contributed by atoms with E-state index in [1.807, 2.05) is 61.3 Å². The minimum atomic E-state index is -0.0561. The maximum Gasteiger partial charge on any atom is 0.321 e. The summed E-state index contributed by atoms with van der Waals surface area (Å²) in [5.41, 5.74) is 2.65. The number of urea groups is 1. The molecule has 8 heteroatoms. The zero-order chi connectivity index (χ0) is 20.9. The van der Waals surface area contributed by atoms with Gasteiger partial charge in [-0.05, 0) is 50.2 Å². The number of imidazole rings is 1. The molecule has 0 atom stereocenters. The summed E-state index contributed by atoms with van der Waals surface area (Å²) in [6.45, 7) is 9.50. The predicted molar refractivity (Wildman–Crippen MR) is 117 cm³/mol. The van der Waals surface area contributed by atoms with Gasteiger partial charge in [0.2, 0.25) is 0 Å². The minimum Gasteiger partial charge on any atom is -0.494 e. The van der Waals surface area contributed by atoms with Gasteiger partial charge in [-0.1, -0.05) is 0 Å². The quantitative estimate of drug-likeness (QED) is 0.679. The van der Waals surface area contributed by atoms with Gasteiger partial charge in [-0.25, -0.2) is 14.8 Å². The monoisotopic (exact) mass is 408 g/mol. The van der Waals surface area contributed by atoms with Gasteiger partial charge < -0.3 is 19.5 Å². The second-order valence-corrected chi connectivity index (χ2v) is 7.37. The van der Waals surface area contributed by atoms with E-state index in [1.165, 1.54) is 0 Å². The lowest BCUT2D eigenvalue weighted by atomic mass is 10.3. The lowest BCUT2D eigenvalue weighted by molar-refractivity contribution is 0.144. The van der Waals surface area contributed by atoms with Gasteiger partial charge in [-0.2, -0.15) is 0 Å². The molecule has 158 valence electrons. The number of hydrogen-bond donors (Lipinski definition) is 1. The number of nitrogens with one attached hydrogen (secondary N) is 1. The van der Waals surface area contributed by atoms with E-state index in [0.29, 0.717) is 19.7 Å². The topological polar surface area (TPSA) is 75.5 Å². The van der Waals surface area contributed by atoms with Gasteiger partial charge in [0.25, 0.3) is 0 Å². The van der Waals surface area contributed by atoms with E-state index >= 15 is 0 Å². The Morgan fingerprint density at radius 3 is 2.60 bits per heavy atom. The summed E-state index contributed by atoms with van der Waals surface area (Å²) >= 11 is 0. The smallest absolute Gasteiger partial charge is 0.321 e. The first-order valence-corrected chi connectivity index (χ1v) is 10.4. The molecule has 3 heterocycles. The van der Waals surface area contributed by atoms with Crippen molar-refractivity contribution in [3.63, 3.8) is 0 Å². The highest BCUT2D eigenvalue weighted by Crippen LogP contribution is 2.17. The van der Waals surface area contributed by atoms with E-state index in [9.17, 15) is 4.79 Å². The van der Waals surface area contributed by atoms with Crippen molar-refractivity contribution in [2.45, 2.75) is 20.4 Å². The van der Waals surface area contributed by atoms with Crippen molar-refractivity contribution in [3.05, 3.63) is 48.4 Å². The van der Waals surface area contributed by atoms with Gasteiger partial charge in [-0.15, -0.1) is 0 Å². The third kappa shape index (κ3) is 4.54. The number of aromatic nitrogens is 3. The van der Waals surface area contributed by atoms with E-state index in [0.717, 1.165) is 54.6 Å². The molecule has 1 aliphatic rings. The van der Waals surface area contributed by atoms with E-state index in [1.54, 1.807) is 0 Å². The Kier molecular flexibility index (Phi) is 6.13. The first-order chi connectivity index (χ1) is 14.6. The lowest BCUT2D eigenvalue weighted by Crippen LogP contribution is -2.50. The minimum absolute atomic E-state index is 0.0561. The molecular weight excluding hydrogens is 380 g/mol. The number of carbonyl (C=O) groups is 1. The molecule has 1 aliphatic heterocycles. The van der Waals surface area contributed by atoms with E-state index < -0.39 is 0 Å². The molecular formula is C22H28N6O2. The Hall–Kier alpha value is -3.13. The number of piperazine rings is 1. The number of anilines is 1. The van der Waals surface area contributed by atoms with Crippen molar-refractivity contribution in [3.8, 4) is 5.75 Å². The molecule has 2 aromatic heterocycles. The highest BCUT2D eigenvalue weighted by molar-refractivity contribution is 5.89. The van der Waals surface area contributed by atoms with Crippen LogP contribution >= 0.6 is 0 Å². The molecule has 0 unspecified atom stereocenters. The van der Waals surface area contributed by atoms with Crippen molar-refractivity contribution in [2.24, 2.45) is 0 Å². The maximum absolute atomic E-state index is 12.6. The summed E-state index contributed by atoms with van der Waals surface area (Å²) in [6.07, 6.45) is 1.81. The van der Waals surface area contributed by atoms with Crippen molar-refractivity contribution < 1.29 is 9.53 Å². The molecule has 1 N–H and O–H groups in total. The van der Waals surface area contributed by atoms with Crippen LogP contribution in [-0.4, -0.2) is 69.7 Å². The highest BCUT2D eigenvalue weighted by Gasteiger charge is 2.21. The normalized spacial score (nSPS) is 14.8. The average molecular weight is 409 g/mol. The van der Waals surface area contributed by atoms with Crippen molar-refractivity contribution in [1.29, 1.82) is 0 Å². The van der Waals surface area contributed by atoms with Crippen molar-refractivity contribution >= 4 is 22.9 Å². The van der Waals surface area contributed by atoms with Gasteiger partial charge >= 0.3 is 6.03 Å². The van der Waals surface area contributed by atoms with Gasteiger partial charge in [0.15, 0.2) is 5.65 Å². The molecule has 2 amide bonds. The number of pyridine rings is 1. The van der Waals surface area contributed by atoms with Gasteiger partial charge in [0.1, 0.15) is 17.1 Å². The summed E-state index contributed by atoms with van der Waals surface area (Å²) in [5.74, 6) is 1.79. The van der Waals surface area contributed by atoms with Gasteiger partial charge in [-0.3, -0.25) is 4.90 Å². The van der Waals surface area contributed by atoms with Crippen LogP contribution in [0.5, 0.6) is 5.75 Å². The van der Waals surface area contributed by atoms with E-state index in [2.05, 4.69) is 24.8 Å². The summed E-state index contributed by atoms with van der Waals surface area (Å²) in [4.78, 5) is 25.9. The number of hydrogen-bond acceptors (Lipinski definition) is 5. The van der Waals surface area contributed by atoms with Crippen LogP contribution in [0.25, 0.3) is 11.2 Å². The number of amides is 2. The molecule has 0 spiro atoms. The number of fused-ring (bicyclic) bond motifs is 1. The van der Waals surface area contributed by atoms with Crippen LogP contribution in [0, 0.1) is 6.92 Å². The largest absolute Gasteiger partial charge is 0.494 e. The first-order valence-electron chi connectivity index (χ1n) is 10.4. The van der Waals surface area contributed by atoms with Crippen molar-refractivity contribution in [2.75, 3.05) is 44.6 Å². The van der Waals surface area contributed by atoms with Crippen LogP contribution in [0.15, 0.2) is 42.6 Å². The number of rotatable bonds is 6. The summed E-state index contributed by atoms with van der Waals surface area (Å²) < 4.78 is 7.60. The standard InChI is InChI=1S/C22H28N6O2/c1-3-30-19-8-6-18(7-9-19)25-22(29)27-14-11-26(12-15-27)13-16-28-17(2)24-20-5-4-10-23-21(20)28/h4-10H,3,11-16H2,1-2H3,(H,25,29). The van der Waals surface area contributed by atoms with Gasteiger partial charge in [0, 0.05) is 51.2 Å². The van der Waals surface area contributed by atoms with Crippen LogP contribution in [-0.2, 0) is 6.54 Å². The molecule has 1 saturated heterocycles.